The van der Waals surface area contributed by atoms with E-state index in [0.29, 0.717) is 17.5 Å². The number of hydrogen-bond acceptors (Lipinski definition) is 2. The minimum absolute atomic E-state index is 0.0505. The number of anilines is 1. The Morgan fingerprint density at radius 1 is 1.19 bits per heavy atom. The van der Waals surface area contributed by atoms with E-state index in [1.807, 2.05) is 6.07 Å². The van der Waals surface area contributed by atoms with Gasteiger partial charge in [-0.3, -0.25) is 0 Å². The van der Waals surface area contributed by atoms with Crippen LogP contribution >= 0.6 is 28.1 Å². The van der Waals surface area contributed by atoms with Crippen molar-refractivity contribution >= 4 is 39.1 Å². The third-order valence-electron chi connectivity index (χ3n) is 2.69. The van der Waals surface area contributed by atoms with Crippen molar-refractivity contribution in [3.63, 3.8) is 0 Å². The van der Waals surface area contributed by atoms with Crippen molar-refractivity contribution in [1.29, 1.82) is 0 Å². The fourth-order valence-corrected chi connectivity index (χ4v) is 2.12. The molecule has 0 aliphatic rings. The maximum atomic E-state index is 13.4. The Morgan fingerprint density at radius 2 is 1.90 bits per heavy atom. The van der Waals surface area contributed by atoms with Gasteiger partial charge in [0, 0.05) is 22.8 Å². The lowest BCUT2D eigenvalue weighted by Gasteiger charge is -2.10. The Kier molecular flexibility index (Phi) is 5.58. The van der Waals surface area contributed by atoms with Gasteiger partial charge in [0.25, 0.3) is 0 Å². The van der Waals surface area contributed by atoms with Crippen molar-refractivity contribution in [3.8, 4) is 0 Å². The van der Waals surface area contributed by atoms with Gasteiger partial charge in [-0.2, -0.15) is 0 Å². The predicted molar refractivity (Wildman–Crippen MR) is 86.2 cm³/mol. The van der Waals surface area contributed by atoms with E-state index in [2.05, 4.69) is 31.5 Å². The number of pyridine rings is 1. The van der Waals surface area contributed by atoms with E-state index in [9.17, 15) is 8.78 Å². The van der Waals surface area contributed by atoms with Crippen molar-refractivity contribution in [2.75, 3.05) is 11.9 Å². The fourth-order valence-electron chi connectivity index (χ4n) is 1.68. The summed E-state index contributed by atoms with van der Waals surface area (Å²) < 4.78 is 27.7. The van der Waals surface area contributed by atoms with E-state index in [-0.39, 0.29) is 12.0 Å². The molecular formula is C14H12BrF2N3S. The van der Waals surface area contributed by atoms with E-state index in [0.717, 1.165) is 4.47 Å². The molecule has 0 unspecified atom stereocenters. The summed E-state index contributed by atoms with van der Waals surface area (Å²) in [4.78, 5) is 4.11. The molecule has 3 nitrogen and oxygen atoms in total. The molecule has 1 aromatic carbocycles. The van der Waals surface area contributed by atoms with Crippen LogP contribution in [0.1, 0.15) is 5.56 Å². The number of hydrogen-bond donors (Lipinski definition) is 2. The molecule has 0 radical (unpaired) electrons. The third kappa shape index (κ3) is 4.71. The van der Waals surface area contributed by atoms with Gasteiger partial charge in [0.1, 0.15) is 17.5 Å². The molecule has 2 rings (SSSR count). The summed E-state index contributed by atoms with van der Waals surface area (Å²) >= 11 is 8.37. The van der Waals surface area contributed by atoms with Crippen molar-refractivity contribution in [2.45, 2.75) is 6.42 Å². The van der Waals surface area contributed by atoms with Crippen LogP contribution in [0.2, 0.25) is 0 Å². The van der Waals surface area contributed by atoms with Crippen LogP contribution in [0.3, 0.4) is 0 Å². The highest BCUT2D eigenvalue weighted by atomic mass is 79.9. The number of nitrogens with one attached hydrogen (secondary N) is 2. The quantitative estimate of drug-likeness (QED) is 0.804. The van der Waals surface area contributed by atoms with Crippen LogP contribution < -0.4 is 10.6 Å². The van der Waals surface area contributed by atoms with Crippen molar-refractivity contribution < 1.29 is 8.78 Å². The van der Waals surface area contributed by atoms with Gasteiger partial charge < -0.3 is 10.6 Å². The van der Waals surface area contributed by atoms with Crippen molar-refractivity contribution in [1.82, 2.24) is 10.3 Å². The molecule has 0 fully saturated rings. The molecule has 0 spiro atoms. The van der Waals surface area contributed by atoms with Crippen LogP contribution in [0, 0.1) is 11.6 Å². The van der Waals surface area contributed by atoms with Crippen LogP contribution in [-0.2, 0) is 6.42 Å². The second-order valence-corrected chi connectivity index (χ2v) is 5.52. The maximum Gasteiger partial charge on any atom is 0.171 e. The predicted octanol–water partition coefficient (Wildman–Crippen LogP) is 3.65. The van der Waals surface area contributed by atoms with Gasteiger partial charge in [-0.1, -0.05) is 6.07 Å². The first-order valence-corrected chi connectivity index (χ1v) is 7.35. The standard InChI is InChI=1S/C14H12BrF2N3S/c15-9-4-5-13(19-8-9)20-14(21)18-7-6-10-11(16)2-1-3-12(10)17/h1-5,8H,6-7H2,(H2,18,19,20,21). The minimum atomic E-state index is -0.551. The van der Waals surface area contributed by atoms with Crippen molar-refractivity contribution in [3.05, 3.63) is 58.2 Å². The lowest BCUT2D eigenvalue weighted by molar-refractivity contribution is 0.553. The average Bonchev–Trinajstić information content (AvgIpc) is 2.45. The van der Waals surface area contributed by atoms with E-state index in [4.69, 9.17) is 12.2 Å². The highest BCUT2D eigenvalue weighted by Crippen LogP contribution is 2.12. The summed E-state index contributed by atoms with van der Waals surface area (Å²) in [5.41, 5.74) is 0.0505. The number of halogens is 3. The number of rotatable bonds is 4. The largest absolute Gasteiger partial charge is 0.362 e. The van der Waals surface area contributed by atoms with E-state index < -0.39 is 11.6 Å². The highest BCUT2D eigenvalue weighted by Gasteiger charge is 2.08. The summed E-state index contributed by atoms with van der Waals surface area (Å²) in [6.07, 6.45) is 1.84. The highest BCUT2D eigenvalue weighted by molar-refractivity contribution is 9.10. The molecule has 0 saturated heterocycles. The normalized spacial score (nSPS) is 10.2. The molecule has 0 aliphatic carbocycles. The average molecular weight is 372 g/mol. The van der Waals surface area contributed by atoms with Gasteiger partial charge >= 0.3 is 0 Å². The molecule has 1 heterocycles. The van der Waals surface area contributed by atoms with Gasteiger partial charge in [-0.05, 0) is 58.8 Å². The van der Waals surface area contributed by atoms with Gasteiger partial charge in [-0.25, -0.2) is 13.8 Å². The fraction of sp³-hybridized carbons (Fsp3) is 0.143. The Morgan fingerprint density at radius 3 is 2.52 bits per heavy atom. The molecular weight excluding hydrogens is 360 g/mol. The SMILES string of the molecule is Fc1cccc(F)c1CCNC(=S)Nc1ccc(Br)cn1. The lowest BCUT2D eigenvalue weighted by atomic mass is 10.1. The van der Waals surface area contributed by atoms with Crippen LogP contribution in [0.5, 0.6) is 0 Å². The molecule has 0 amide bonds. The van der Waals surface area contributed by atoms with Crippen LogP contribution in [-0.4, -0.2) is 16.6 Å². The van der Waals surface area contributed by atoms with Crippen LogP contribution in [0.25, 0.3) is 0 Å². The van der Waals surface area contributed by atoms with Crippen LogP contribution in [0.4, 0.5) is 14.6 Å². The molecule has 2 N–H and O–H groups in total. The van der Waals surface area contributed by atoms with Gasteiger partial charge in [0.2, 0.25) is 0 Å². The zero-order valence-electron chi connectivity index (χ0n) is 10.9. The zero-order chi connectivity index (χ0) is 15.2. The van der Waals surface area contributed by atoms with Crippen LogP contribution in [0.15, 0.2) is 41.0 Å². The smallest absolute Gasteiger partial charge is 0.171 e. The van der Waals surface area contributed by atoms with Gasteiger partial charge in [0.05, 0.1) is 0 Å². The maximum absolute atomic E-state index is 13.4. The summed E-state index contributed by atoms with van der Waals surface area (Å²) in [7, 11) is 0. The van der Waals surface area contributed by atoms with Gasteiger partial charge in [0.15, 0.2) is 5.11 Å². The molecule has 0 atom stereocenters. The first-order valence-electron chi connectivity index (χ1n) is 6.15. The molecule has 0 bridgehead atoms. The monoisotopic (exact) mass is 371 g/mol. The third-order valence-corrected chi connectivity index (χ3v) is 3.41. The summed E-state index contributed by atoms with van der Waals surface area (Å²) in [6.45, 7) is 0.320. The van der Waals surface area contributed by atoms with Gasteiger partial charge in [-0.15, -0.1) is 0 Å². The summed E-state index contributed by atoms with van der Waals surface area (Å²) in [6, 6.07) is 7.40. The molecule has 21 heavy (non-hydrogen) atoms. The number of nitrogens with zero attached hydrogens (tertiary/aromatic N) is 1. The molecule has 110 valence electrons. The number of benzene rings is 1. The van der Waals surface area contributed by atoms with Crippen molar-refractivity contribution in [2.24, 2.45) is 0 Å². The first kappa shape index (κ1) is 15.8. The summed E-state index contributed by atoms with van der Waals surface area (Å²) in [5, 5.41) is 6.12. The Labute approximate surface area is 134 Å². The first-order chi connectivity index (χ1) is 10.1. The second kappa shape index (κ2) is 7.42. The molecule has 0 saturated carbocycles. The van der Waals surface area contributed by atoms with E-state index >= 15 is 0 Å². The second-order valence-electron chi connectivity index (χ2n) is 4.19. The molecule has 2 aromatic rings. The minimum Gasteiger partial charge on any atom is -0.362 e. The molecule has 1 aromatic heterocycles. The Bertz CT molecular complexity index is 614. The Hall–Kier alpha value is -1.60. The van der Waals surface area contributed by atoms with E-state index in [1.165, 1.54) is 18.2 Å². The number of aromatic nitrogens is 1. The topological polar surface area (TPSA) is 37.0 Å². The zero-order valence-corrected chi connectivity index (χ0v) is 13.3. The van der Waals surface area contributed by atoms with E-state index in [1.54, 1.807) is 12.3 Å². The summed E-state index contributed by atoms with van der Waals surface area (Å²) in [5.74, 6) is -0.511. The Balaban J connectivity index is 1.83. The lowest BCUT2D eigenvalue weighted by Crippen LogP contribution is -2.30. The number of thiocarbonyl (C=S) groups is 1. The molecule has 0 aliphatic heterocycles. The molecule has 7 heteroatoms.